The Morgan fingerprint density at radius 3 is 1.06 bits per heavy atom. The second-order valence-corrected chi connectivity index (χ2v) is 35.5. The molecule has 2 rings (SSSR count). The fraction of sp³-hybridized carbons (Fsp3) is 0.690. The molecule has 15 N–H and O–H groups in total. The van der Waals surface area contributed by atoms with Gasteiger partial charge in [-0.25, -0.2) is 19.2 Å². The van der Waals surface area contributed by atoms with Crippen LogP contribution in [0.2, 0.25) is 0 Å². The Hall–Kier alpha value is -11.2. The number of nitrogens with two attached hydrogens (primary N) is 1. The molecule has 43 heteroatoms. The molecule has 0 aliphatic heterocycles. The number of carbonyl (C=O) groups excluding carboxylic acids is 13. The topological polar surface area (TPSA) is 648 Å². The number of carbonyl (C=O) groups is 19. The predicted octanol–water partition coefficient (Wildman–Crippen LogP) is 7.73. The van der Waals surface area contributed by atoms with E-state index in [0.717, 1.165) is 77.0 Å². The van der Waals surface area contributed by atoms with Crippen molar-refractivity contribution in [3.8, 4) is 11.5 Å². The van der Waals surface area contributed by atoms with Gasteiger partial charge in [0.2, 0.25) is 41.4 Å². The molecular formula is C100H160N8O35. The lowest BCUT2D eigenvalue weighted by Gasteiger charge is -2.23. The van der Waals surface area contributed by atoms with Crippen LogP contribution in [0.15, 0.2) is 48.5 Å². The number of carboxylic acids is 6. The van der Waals surface area contributed by atoms with E-state index in [9.17, 15) is 112 Å². The molecule has 2 aromatic rings. The number of ether oxygens (including phenoxy) is 10. The van der Waals surface area contributed by atoms with Gasteiger partial charge in [0.05, 0.1) is 114 Å². The molecule has 2 aromatic carbocycles. The van der Waals surface area contributed by atoms with Crippen molar-refractivity contribution in [3.05, 3.63) is 59.7 Å². The molecule has 0 bridgehead atoms. The van der Waals surface area contributed by atoms with Gasteiger partial charge < -0.3 is 121 Å². The molecule has 0 aromatic heterocycles. The summed E-state index contributed by atoms with van der Waals surface area (Å²) in [5.41, 5.74) is 5.23. The third-order valence-electron chi connectivity index (χ3n) is 22.7. The van der Waals surface area contributed by atoms with Crippen LogP contribution in [0.3, 0.4) is 0 Å². The second kappa shape index (κ2) is 80.2. The van der Waals surface area contributed by atoms with Gasteiger partial charge in [-0.15, -0.1) is 0 Å². The smallest absolute Gasteiger partial charge is 0.335 e. The Labute approximate surface area is 839 Å². The van der Waals surface area contributed by atoms with Crippen molar-refractivity contribution in [2.75, 3.05) is 152 Å². The van der Waals surface area contributed by atoms with Gasteiger partial charge in [-0.3, -0.25) is 71.9 Å². The van der Waals surface area contributed by atoms with Gasteiger partial charge in [0.15, 0.2) is 17.3 Å². The van der Waals surface area contributed by atoms with Gasteiger partial charge in [0, 0.05) is 125 Å². The van der Waals surface area contributed by atoms with Crippen LogP contribution in [-0.4, -0.2) is 312 Å². The average molecular weight is 2030 g/mol. The second-order valence-electron chi connectivity index (χ2n) is 35.5. The van der Waals surface area contributed by atoms with E-state index in [-0.39, 0.29) is 277 Å². The Balaban J connectivity index is 0.000104. The number of ketones is 6. The fourth-order valence-corrected chi connectivity index (χ4v) is 14.3. The van der Waals surface area contributed by atoms with Gasteiger partial charge in [-0.05, 0) is 153 Å². The average Bonchev–Trinajstić information content (AvgIpc) is 0.867. The SMILES string of the molecule is CC(=O)[C@H](CCCCNC(=O)CC[C@H](NC(=O)COCCOCCCC(=O)COCCOCCNC(=O)CC[C@H](CC(=O)CCCCCCCCCOc1ccc(C(=O)O)cc1)C(=O)O)C(=O)O)CC(=O)[C@H](CCCCNC(=O)CC[C@H](CC(=O)COCCOCCNC(=O)COCCOCCNC(=O)CC[C@H](NC(=O)CCCCCCCCCOc1ccc(C(=O)O)cc1)C(=O)O)C(=O)O)CC(=O)C(C)(C)N.[HH].[HH]. The van der Waals surface area contributed by atoms with Crippen LogP contribution in [0.4, 0.5) is 0 Å². The zero-order valence-corrected chi connectivity index (χ0v) is 83.4. The lowest BCUT2D eigenvalue weighted by molar-refractivity contribution is -0.145. The molecule has 0 heterocycles. The molecule has 0 spiro atoms. The lowest BCUT2D eigenvalue weighted by atomic mass is 9.82. The molecule has 143 heavy (non-hydrogen) atoms. The zero-order valence-electron chi connectivity index (χ0n) is 83.4. The molecule has 0 radical (unpaired) electrons. The Kier molecular flexibility index (Phi) is 71.7. The van der Waals surface area contributed by atoms with Crippen molar-refractivity contribution in [2.24, 2.45) is 29.4 Å². The molecule has 7 amide bonds. The highest BCUT2D eigenvalue weighted by Crippen LogP contribution is 2.26. The molecule has 0 unspecified atom stereocenters. The van der Waals surface area contributed by atoms with E-state index in [1.165, 1.54) is 45.0 Å². The van der Waals surface area contributed by atoms with Crippen molar-refractivity contribution in [1.82, 2.24) is 37.2 Å². The van der Waals surface area contributed by atoms with Gasteiger partial charge in [0.25, 0.3) is 0 Å². The van der Waals surface area contributed by atoms with Gasteiger partial charge in [-0.2, -0.15) is 0 Å². The summed E-state index contributed by atoms with van der Waals surface area (Å²) in [5, 5.41) is 75.0. The van der Waals surface area contributed by atoms with Crippen LogP contribution in [0.25, 0.3) is 0 Å². The molecule has 0 aliphatic carbocycles. The van der Waals surface area contributed by atoms with Gasteiger partial charge in [0.1, 0.15) is 67.4 Å². The quantitative estimate of drug-likeness (QED) is 0.0281. The summed E-state index contributed by atoms with van der Waals surface area (Å²) in [5.74, 6) is -14.6. The molecule has 0 fully saturated rings. The summed E-state index contributed by atoms with van der Waals surface area (Å²) in [6.45, 7) is 5.91. The van der Waals surface area contributed by atoms with Crippen LogP contribution in [0.5, 0.6) is 11.5 Å². The Bertz CT molecular complexity index is 4140. The minimum Gasteiger partial charge on any atom is -0.494 e. The van der Waals surface area contributed by atoms with E-state index in [2.05, 4.69) is 37.2 Å². The van der Waals surface area contributed by atoms with Crippen molar-refractivity contribution < 1.29 is 172 Å². The summed E-state index contributed by atoms with van der Waals surface area (Å²) in [6, 6.07) is 9.84. The maximum absolute atomic E-state index is 13.8. The summed E-state index contributed by atoms with van der Waals surface area (Å²) >= 11 is 0. The normalized spacial score (nSPS) is 12.5. The Morgan fingerprint density at radius 1 is 0.294 bits per heavy atom. The van der Waals surface area contributed by atoms with Crippen molar-refractivity contribution >= 4 is 112 Å². The highest BCUT2D eigenvalue weighted by Gasteiger charge is 2.32. The number of unbranched alkanes of at least 4 members (excludes halogenated alkanes) is 14. The number of hydrogen-bond acceptors (Lipinski definition) is 30. The third-order valence-corrected chi connectivity index (χ3v) is 22.7. The highest BCUT2D eigenvalue weighted by molar-refractivity contribution is 5.95. The van der Waals surface area contributed by atoms with E-state index in [0.29, 0.717) is 69.7 Å². The molecule has 0 saturated carbocycles. The summed E-state index contributed by atoms with van der Waals surface area (Å²) in [7, 11) is 0. The van der Waals surface area contributed by atoms with Crippen LogP contribution in [0.1, 0.15) is 275 Å². The van der Waals surface area contributed by atoms with Crippen molar-refractivity contribution in [1.29, 1.82) is 0 Å². The van der Waals surface area contributed by atoms with E-state index < -0.39 is 138 Å². The van der Waals surface area contributed by atoms with E-state index in [1.807, 2.05) is 0 Å². The molecule has 810 valence electrons. The molecule has 6 atom stereocenters. The van der Waals surface area contributed by atoms with E-state index in [4.69, 9.17) is 63.3 Å². The standard InChI is InChI=1S/C100H156N8O35.2H2/c1-71(109)74(23-16-18-44-103-89(117)42-39-84(99(132)133)108-93(121)70-141-61-55-134-49-22-26-79(111)67-138-59-56-135-52-46-104-88(116)41-32-76(96(126)127)63-78(110)25-14-10-6-4-8-12-20-50-142-81-34-28-72(29-35-81)94(122)123)65-85(113)75(66-86(114)100(2,3)101)24-17-19-45-102-87(115)40-33-77(97(128)129)64-80(112)68-139-60-57-137-54-48-106-92(120)69-140-62-58-136-53-47-105-90(118)43-38-83(98(130)131)107-91(119)27-15-11-7-5-9-13-21-51-143-82-36-30-73(31-37-82)95(124)125;;/h28-31,34-37,74-77,83-84H,4-27,32-33,38-70,101H2,1-3H3,(H,102,115)(H,103,117)(H,104,116)(H,105,118)(H,106,120)(H,107,119)(H,108,121)(H,122,123)(H,124,125)(H,126,127)(H,128,129)(H,130,131)(H,132,133);2*1H/t74-,75-,76-,77-,83+,84+;;/m1../s1. The molecule has 0 saturated heterocycles. The van der Waals surface area contributed by atoms with Gasteiger partial charge >= 0.3 is 35.8 Å². The number of carboxylic acid groups (broad SMARTS) is 6. The zero-order chi connectivity index (χ0) is 106. The number of rotatable bonds is 96. The maximum atomic E-state index is 13.8. The fourth-order valence-electron chi connectivity index (χ4n) is 14.3. The summed E-state index contributed by atoms with van der Waals surface area (Å²) in [6.07, 6.45) is 13.4. The number of amides is 7. The number of aliphatic carboxylic acids is 4. The summed E-state index contributed by atoms with van der Waals surface area (Å²) in [4.78, 5) is 234. The highest BCUT2D eigenvalue weighted by atomic mass is 16.5. The minimum absolute atomic E-state index is 0. The van der Waals surface area contributed by atoms with Crippen LogP contribution in [-0.2, 0) is 119 Å². The van der Waals surface area contributed by atoms with Gasteiger partial charge in [-0.1, -0.05) is 77.0 Å². The number of Topliss-reactive ketones (excluding diaryl/α,β-unsaturated/α-hetero) is 6. The summed E-state index contributed by atoms with van der Waals surface area (Å²) < 4.78 is 54.4. The maximum Gasteiger partial charge on any atom is 0.335 e. The first kappa shape index (κ1) is 128. The lowest BCUT2D eigenvalue weighted by Crippen LogP contribution is -2.43. The van der Waals surface area contributed by atoms with Crippen LogP contribution in [0, 0.1) is 23.7 Å². The predicted molar refractivity (Wildman–Crippen MR) is 522 cm³/mol. The monoisotopic (exact) mass is 2030 g/mol. The Morgan fingerprint density at radius 2 is 0.643 bits per heavy atom. The van der Waals surface area contributed by atoms with E-state index >= 15 is 0 Å². The molecule has 43 nitrogen and oxygen atoms in total. The first-order valence-corrected chi connectivity index (χ1v) is 49.7. The van der Waals surface area contributed by atoms with Crippen LogP contribution >= 0.6 is 0 Å². The first-order chi connectivity index (χ1) is 68.4. The number of nitrogens with one attached hydrogen (secondary N) is 7. The third kappa shape index (κ3) is 69.4. The van der Waals surface area contributed by atoms with E-state index in [1.54, 1.807) is 24.3 Å². The molecule has 0 aliphatic rings. The minimum atomic E-state index is -1.41. The van der Waals surface area contributed by atoms with Crippen LogP contribution < -0.4 is 52.4 Å². The van der Waals surface area contributed by atoms with Crippen molar-refractivity contribution in [3.63, 3.8) is 0 Å². The molecular weight excluding hydrogens is 1870 g/mol. The van der Waals surface area contributed by atoms with Crippen molar-refractivity contribution in [2.45, 2.75) is 270 Å². The largest absolute Gasteiger partial charge is 0.494 e. The number of benzene rings is 2. The number of hydrogen-bond donors (Lipinski definition) is 14. The first-order valence-electron chi connectivity index (χ1n) is 49.7. The number of aromatic carboxylic acids is 2.